The quantitative estimate of drug-likeness (QED) is 0.202. The van der Waals surface area contributed by atoms with Crippen molar-refractivity contribution in [3.63, 3.8) is 0 Å². The number of hydrogen-bond donors (Lipinski definition) is 0. The Labute approximate surface area is 210 Å². The molecule has 0 saturated heterocycles. The first-order valence-corrected chi connectivity index (χ1v) is 13.6. The van der Waals surface area contributed by atoms with Crippen molar-refractivity contribution in [1.82, 2.24) is 4.98 Å². The van der Waals surface area contributed by atoms with E-state index in [2.05, 4.69) is 36.2 Å². The summed E-state index contributed by atoms with van der Waals surface area (Å²) in [5, 5.41) is 0. The molecular formula is C30H42FNO3. The summed E-state index contributed by atoms with van der Waals surface area (Å²) in [4.78, 5) is 16.5. The molecule has 0 amide bonds. The molecule has 35 heavy (non-hydrogen) atoms. The lowest BCUT2D eigenvalue weighted by Gasteiger charge is -2.28. The van der Waals surface area contributed by atoms with E-state index in [0.717, 1.165) is 55.5 Å². The fourth-order valence-corrected chi connectivity index (χ4v) is 4.59. The number of rotatable bonds is 14. The molecule has 0 radical (unpaired) electrons. The first-order valence-electron chi connectivity index (χ1n) is 13.6. The largest absolute Gasteiger partial charge is 0.493 e. The van der Waals surface area contributed by atoms with Crippen molar-refractivity contribution in [1.29, 1.82) is 0 Å². The fraction of sp³-hybridized carbons (Fsp3) is 0.600. The van der Waals surface area contributed by atoms with E-state index in [0.29, 0.717) is 18.9 Å². The Bertz CT molecular complexity index is 860. The highest BCUT2D eigenvalue weighted by Crippen LogP contribution is 2.28. The van der Waals surface area contributed by atoms with E-state index in [4.69, 9.17) is 9.47 Å². The number of carbonyl (C=O) groups is 1. The zero-order valence-electron chi connectivity index (χ0n) is 21.5. The molecule has 1 aliphatic carbocycles. The molecule has 3 rings (SSSR count). The van der Waals surface area contributed by atoms with E-state index in [1.165, 1.54) is 31.2 Å². The maximum atomic E-state index is 13.8. The van der Waals surface area contributed by atoms with Gasteiger partial charge in [-0.15, -0.1) is 0 Å². The Morgan fingerprint density at radius 2 is 1.71 bits per heavy atom. The van der Waals surface area contributed by atoms with Gasteiger partial charge in [-0.1, -0.05) is 52.0 Å². The van der Waals surface area contributed by atoms with Crippen LogP contribution in [0.5, 0.6) is 5.75 Å². The van der Waals surface area contributed by atoms with Gasteiger partial charge in [0.2, 0.25) is 0 Å². The lowest BCUT2D eigenvalue weighted by molar-refractivity contribution is -0.157. The summed E-state index contributed by atoms with van der Waals surface area (Å²) in [6.07, 6.45) is 11.8. The molecular weight excluding hydrogens is 441 g/mol. The second-order valence-corrected chi connectivity index (χ2v) is 9.89. The van der Waals surface area contributed by atoms with Gasteiger partial charge in [0.1, 0.15) is 11.9 Å². The Kier molecular flexibility index (Phi) is 11.5. The minimum Gasteiger partial charge on any atom is -0.493 e. The standard InChI is InChI=1S/C30H42FNO3/c1-3-5-7-8-9-23-13-20-29(32-21-23)25-14-18-26(19-15-25)34-22-24-11-16-27(17-12-24)35-30(33)28(31)10-6-4-2/h13-15,18-21,24,27-28H,3-12,16-17,22H2,1-2H3/t24?,27?,28-/m0/s1. The number of alkyl halides is 1. The van der Waals surface area contributed by atoms with Gasteiger partial charge in [-0.2, -0.15) is 0 Å². The summed E-state index contributed by atoms with van der Waals surface area (Å²) in [5.41, 5.74) is 3.37. The van der Waals surface area contributed by atoms with Crippen LogP contribution in [-0.4, -0.2) is 29.8 Å². The minimum atomic E-state index is -1.48. The zero-order chi connectivity index (χ0) is 24.9. The van der Waals surface area contributed by atoms with Gasteiger partial charge in [0.25, 0.3) is 0 Å². The maximum Gasteiger partial charge on any atom is 0.340 e. The molecule has 192 valence electrons. The van der Waals surface area contributed by atoms with Gasteiger partial charge in [0.05, 0.1) is 12.3 Å². The van der Waals surface area contributed by atoms with E-state index in [1.54, 1.807) is 0 Å². The van der Waals surface area contributed by atoms with Crippen molar-refractivity contribution in [2.45, 2.75) is 103 Å². The first kappa shape index (κ1) is 27.2. The van der Waals surface area contributed by atoms with Crippen molar-refractivity contribution < 1.29 is 18.7 Å². The number of benzene rings is 1. The molecule has 1 heterocycles. The van der Waals surface area contributed by atoms with Crippen LogP contribution in [0.4, 0.5) is 4.39 Å². The molecule has 1 aromatic carbocycles. The van der Waals surface area contributed by atoms with Crippen molar-refractivity contribution >= 4 is 5.97 Å². The molecule has 1 fully saturated rings. The van der Waals surface area contributed by atoms with Crippen molar-refractivity contribution in [2.75, 3.05) is 6.61 Å². The molecule has 1 atom stereocenters. The van der Waals surface area contributed by atoms with Crippen LogP contribution in [0.25, 0.3) is 11.3 Å². The molecule has 2 aromatic rings. The predicted molar refractivity (Wildman–Crippen MR) is 139 cm³/mol. The average Bonchev–Trinajstić information content (AvgIpc) is 2.90. The van der Waals surface area contributed by atoms with E-state index in [-0.39, 0.29) is 12.5 Å². The predicted octanol–water partition coefficient (Wildman–Crippen LogP) is 7.88. The highest BCUT2D eigenvalue weighted by molar-refractivity contribution is 5.74. The summed E-state index contributed by atoms with van der Waals surface area (Å²) < 4.78 is 25.3. The topological polar surface area (TPSA) is 48.4 Å². The summed E-state index contributed by atoms with van der Waals surface area (Å²) in [6.45, 7) is 4.87. The molecule has 0 N–H and O–H groups in total. The number of aryl methyl sites for hydroxylation is 1. The molecule has 4 nitrogen and oxygen atoms in total. The number of pyridine rings is 1. The third-order valence-electron chi connectivity index (χ3n) is 6.92. The molecule has 0 aliphatic heterocycles. The van der Waals surface area contributed by atoms with Crippen LogP contribution in [0.3, 0.4) is 0 Å². The van der Waals surface area contributed by atoms with Crippen LogP contribution in [-0.2, 0) is 16.0 Å². The molecule has 0 unspecified atom stereocenters. The van der Waals surface area contributed by atoms with E-state index in [1.807, 2.05) is 25.3 Å². The number of unbranched alkanes of at least 4 members (excludes halogenated alkanes) is 4. The Morgan fingerprint density at radius 1 is 0.971 bits per heavy atom. The van der Waals surface area contributed by atoms with Gasteiger partial charge in [-0.05, 0) is 86.8 Å². The third kappa shape index (κ3) is 9.27. The monoisotopic (exact) mass is 483 g/mol. The van der Waals surface area contributed by atoms with E-state index >= 15 is 0 Å². The normalized spacial score (nSPS) is 18.7. The Morgan fingerprint density at radius 3 is 2.37 bits per heavy atom. The van der Waals surface area contributed by atoms with Crippen LogP contribution in [0.2, 0.25) is 0 Å². The van der Waals surface area contributed by atoms with Crippen LogP contribution >= 0.6 is 0 Å². The smallest absolute Gasteiger partial charge is 0.340 e. The Balaban J connectivity index is 1.37. The number of halogens is 1. The van der Waals surface area contributed by atoms with E-state index in [9.17, 15) is 9.18 Å². The van der Waals surface area contributed by atoms with Gasteiger partial charge in [-0.3, -0.25) is 4.98 Å². The highest BCUT2D eigenvalue weighted by atomic mass is 19.1. The van der Waals surface area contributed by atoms with Crippen molar-refractivity contribution in [3.05, 3.63) is 48.2 Å². The summed E-state index contributed by atoms with van der Waals surface area (Å²) in [5.74, 6) is 0.595. The fourth-order valence-electron chi connectivity index (χ4n) is 4.59. The van der Waals surface area contributed by atoms with Gasteiger partial charge >= 0.3 is 5.97 Å². The molecule has 1 aliphatic rings. The first-order chi connectivity index (χ1) is 17.1. The number of carbonyl (C=O) groups excluding carboxylic acids is 1. The maximum absolute atomic E-state index is 13.8. The number of aromatic nitrogens is 1. The molecule has 1 saturated carbocycles. The third-order valence-corrected chi connectivity index (χ3v) is 6.92. The molecule has 0 spiro atoms. The Hall–Kier alpha value is -2.43. The SMILES string of the molecule is CCCCCCc1ccc(-c2ccc(OCC3CCC(OC(=O)[C@@H](F)CCCC)CC3)cc2)nc1. The van der Waals surface area contributed by atoms with Gasteiger partial charge < -0.3 is 9.47 Å². The van der Waals surface area contributed by atoms with Crippen LogP contribution < -0.4 is 4.74 Å². The average molecular weight is 484 g/mol. The zero-order valence-corrected chi connectivity index (χ0v) is 21.5. The van der Waals surface area contributed by atoms with Gasteiger partial charge in [0, 0.05) is 11.8 Å². The number of hydrogen-bond acceptors (Lipinski definition) is 4. The summed E-state index contributed by atoms with van der Waals surface area (Å²) >= 11 is 0. The van der Waals surface area contributed by atoms with Crippen LogP contribution in [0.15, 0.2) is 42.6 Å². The van der Waals surface area contributed by atoms with Crippen LogP contribution in [0, 0.1) is 5.92 Å². The highest BCUT2D eigenvalue weighted by Gasteiger charge is 2.27. The summed E-state index contributed by atoms with van der Waals surface area (Å²) in [7, 11) is 0. The molecule has 1 aromatic heterocycles. The second kappa shape index (κ2) is 14.9. The summed E-state index contributed by atoms with van der Waals surface area (Å²) in [6, 6.07) is 12.4. The van der Waals surface area contributed by atoms with Crippen molar-refractivity contribution in [3.8, 4) is 17.0 Å². The lowest BCUT2D eigenvalue weighted by Crippen LogP contribution is -2.30. The van der Waals surface area contributed by atoms with Gasteiger partial charge in [-0.25, -0.2) is 9.18 Å². The number of esters is 1. The van der Waals surface area contributed by atoms with E-state index < -0.39 is 12.1 Å². The second-order valence-electron chi connectivity index (χ2n) is 9.89. The number of nitrogens with zero attached hydrogens (tertiary/aromatic N) is 1. The molecule has 0 bridgehead atoms. The minimum absolute atomic E-state index is 0.159. The van der Waals surface area contributed by atoms with Gasteiger partial charge in [0.15, 0.2) is 6.17 Å². The van der Waals surface area contributed by atoms with Crippen LogP contribution in [0.1, 0.15) is 90.0 Å². The lowest BCUT2D eigenvalue weighted by atomic mass is 9.88. The molecule has 5 heteroatoms. The number of ether oxygens (including phenoxy) is 2. The van der Waals surface area contributed by atoms with Crippen molar-refractivity contribution in [2.24, 2.45) is 5.92 Å².